The molecule has 0 aromatic heterocycles. The number of halogens is 1. The van der Waals surface area contributed by atoms with Crippen molar-refractivity contribution in [2.45, 2.75) is 47.6 Å². The van der Waals surface area contributed by atoms with Gasteiger partial charge in [-0.2, -0.15) is 0 Å². The normalized spacial score (nSPS) is 14.9. The Kier molecular flexibility index (Phi) is 8.94. The summed E-state index contributed by atoms with van der Waals surface area (Å²) < 4.78 is 0. The van der Waals surface area contributed by atoms with Crippen LogP contribution in [0.4, 0.5) is 0 Å². The molecule has 16 heavy (non-hydrogen) atoms. The Morgan fingerprint density at radius 2 is 1.75 bits per heavy atom. The van der Waals surface area contributed by atoms with Gasteiger partial charge in [0.1, 0.15) is 0 Å². The van der Waals surface area contributed by atoms with Crippen molar-refractivity contribution in [1.29, 1.82) is 0 Å². The van der Waals surface area contributed by atoms with Gasteiger partial charge in [-0.15, -0.1) is 12.4 Å². The second-order valence-corrected chi connectivity index (χ2v) is 5.29. The van der Waals surface area contributed by atoms with Gasteiger partial charge in [-0.05, 0) is 18.9 Å². The minimum Gasteiger partial charge on any atom is -0.354 e. The number of likely N-dealkylation sites (N-methyl/N-ethyl adjacent to an activating group) is 1. The summed E-state index contributed by atoms with van der Waals surface area (Å²) in [5.74, 6) is 0.193. The molecule has 0 aromatic rings. The Morgan fingerprint density at radius 1 is 1.25 bits per heavy atom. The lowest BCUT2D eigenvalue weighted by Crippen LogP contribution is -2.43. The van der Waals surface area contributed by atoms with Crippen LogP contribution in [0, 0.1) is 11.3 Å². The molecule has 0 aromatic carbocycles. The van der Waals surface area contributed by atoms with Gasteiger partial charge in [-0.25, -0.2) is 0 Å². The van der Waals surface area contributed by atoms with Gasteiger partial charge in [0.25, 0.3) is 0 Å². The number of amides is 1. The van der Waals surface area contributed by atoms with Crippen molar-refractivity contribution in [3.63, 3.8) is 0 Å². The highest BCUT2D eigenvalue weighted by molar-refractivity contribution is 5.85. The molecule has 0 aliphatic rings. The first kappa shape index (κ1) is 18.1. The molecule has 0 radical (unpaired) electrons. The zero-order chi connectivity index (χ0) is 12.1. The van der Waals surface area contributed by atoms with E-state index in [0.717, 1.165) is 6.54 Å². The predicted molar refractivity (Wildman–Crippen MR) is 72.0 cm³/mol. The third-order valence-electron chi connectivity index (χ3n) is 2.83. The van der Waals surface area contributed by atoms with Crippen LogP contribution in [0.3, 0.4) is 0 Å². The maximum atomic E-state index is 11.8. The first-order chi connectivity index (χ1) is 6.79. The van der Waals surface area contributed by atoms with E-state index in [-0.39, 0.29) is 29.6 Å². The molecule has 0 bridgehead atoms. The smallest absolute Gasteiger partial charge is 0.223 e. The molecule has 1 amide bonds. The van der Waals surface area contributed by atoms with Crippen molar-refractivity contribution in [1.82, 2.24) is 10.6 Å². The first-order valence-electron chi connectivity index (χ1n) is 5.80. The molecule has 0 fully saturated rings. The van der Waals surface area contributed by atoms with Gasteiger partial charge in [0.2, 0.25) is 5.91 Å². The third-order valence-corrected chi connectivity index (χ3v) is 2.83. The summed E-state index contributed by atoms with van der Waals surface area (Å²) in [6.07, 6.45) is 0. The van der Waals surface area contributed by atoms with Gasteiger partial charge in [0.15, 0.2) is 0 Å². The fourth-order valence-electron chi connectivity index (χ4n) is 1.22. The Labute approximate surface area is 106 Å². The molecule has 3 nitrogen and oxygen atoms in total. The van der Waals surface area contributed by atoms with E-state index in [0.29, 0.717) is 12.6 Å². The molecule has 4 heteroatoms. The second kappa shape index (κ2) is 7.91. The number of hydrogen-bond donors (Lipinski definition) is 2. The van der Waals surface area contributed by atoms with Crippen LogP contribution in [0.2, 0.25) is 0 Å². The molecule has 0 spiro atoms. The van der Waals surface area contributed by atoms with Crippen LogP contribution in [0.1, 0.15) is 41.5 Å². The maximum Gasteiger partial charge on any atom is 0.223 e. The highest BCUT2D eigenvalue weighted by Gasteiger charge is 2.26. The first-order valence-corrected chi connectivity index (χ1v) is 5.80. The van der Waals surface area contributed by atoms with Crippen LogP contribution in [0.5, 0.6) is 0 Å². The van der Waals surface area contributed by atoms with E-state index in [4.69, 9.17) is 0 Å². The second-order valence-electron chi connectivity index (χ2n) is 5.29. The summed E-state index contributed by atoms with van der Waals surface area (Å²) in [7, 11) is 0. The van der Waals surface area contributed by atoms with Crippen molar-refractivity contribution in [2.75, 3.05) is 13.1 Å². The molecular formula is C12H27ClN2O. The molecule has 1 unspecified atom stereocenters. The quantitative estimate of drug-likeness (QED) is 0.786. The van der Waals surface area contributed by atoms with Crippen molar-refractivity contribution in [3.8, 4) is 0 Å². The average molecular weight is 251 g/mol. The summed E-state index contributed by atoms with van der Waals surface area (Å²) in [6, 6.07) is 0.339. The molecular weight excluding hydrogens is 224 g/mol. The topological polar surface area (TPSA) is 41.1 Å². The molecule has 2 atom stereocenters. The van der Waals surface area contributed by atoms with Gasteiger partial charge in [-0.1, -0.05) is 34.6 Å². The number of nitrogens with one attached hydrogen (secondary N) is 2. The van der Waals surface area contributed by atoms with Crippen LogP contribution < -0.4 is 10.6 Å². The van der Waals surface area contributed by atoms with Gasteiger partial charge in [0, 0.05) is 18.5 Å². The molecule has 2 N–H and O–H groups in total. The van der Waals surface area contributed by atoms with Gasteiger partial charge in [-0.3, -0.25) is 4.79 Å². The summed E-state index contributed by atoms with van der Waals surface area (Å²) in [4.78, 5) is 11.8. The average Bonchev–Trinajstić information content (AvgIpc) is 2.12. The van der Waals surface area contributed by atoms with E-state index in [1.807, 2.05) is 6.92 Å². The fourth-order valence-corrected chi connectivity index (χ4v) is 1.22. The summed E-state index contributed by atoms with van der Waals surface area (Å²) >= 11 is 0. The van der Waals surface area contributed by atoms with E-state index < -0.39 is 0 Å². The fraction of sp³-hybridized carbons (Fsp3) is 0.917. The van der Waals surface area contributed by atoms with E-state index in [1.165, 1.54) is 0 Å². The monoisotopic (exact) mass is 250 g/mol. The van der Waals surface area contributed by atoms with Crippen LogP contribution in [0.15, 0.2) is 0 Å². The zero-order valence-electron chi connectivity index (χ0n) is 11.4. The van der Waals surface area contributed by atoms with Crippen LogP contribution in [0.25, 0.3) is 0 Å². The van der Waals surface area contributed by atoms with Gasteiger partial charge >= 0.3 is 0 Å². The Morgan fingerprint density at radius 3 is 2.12 bits per heavy atom. The third kappa shape index (κ3) is 7.07. The molecule has 0 aliphatic heterocycles. The number of carbonyl (C=O) groups excluding carboxylic acids is 1. The molecule has 0 rings (SSSR count). The molecule has 0 aliphatic carbocycles. The molecule has 0 saturated carbocycles. The van der Waals surface area contributed by atoms with Crippen LogP contribution in [-0.4, -0.2) is 25.0 Å². The lowest BCUT2D eigenvalue weighted by atomic mass is 9.81. The van der Waals surface area contributed by atoms with Crippen molar-refractivity contribution in [3.05, 3.63) is 0 Å². The van der Waals surface area contributed by atoms with Crippen molar-refractivity contribution < 1.29 is 4.79 Å². The summed E-state index contributed by atoms with van der Waals surface area (Å²) in [5, 5.41) is 6.24. The largest absolute Gasteiger partial charge is 0.354 e. The van der Waals surface area contributed by atoms with E-state index in [1.54, 1.807) is 0 Å². The van der Waals surface area contributed by atoms with E-state index in [9.17, 15) is 4.79 Å². The lowest BCUT2D eigenvalue weighted by molar-refractivity contribution is -0.127. The highest BCUT2D eigenvalue weighted by atomic mass is 35.5. The highest BCUT2D eigenvalue weighted by Crippen LogP contribution is 2.25. The Bertz CT molecular complexity index is 202. The van der Waals surface area contributed by atoms with Crippen LogP contribution in [-0.2, 0) is 4.79 Å². The number of rotatable bonds is 5. The van der Waals surface area contributed by atoms with Crippen LogP contribution >= 0.6 is 12.4 Å². The molecule has 0 saturated heterocycles. The van der Waals surface area contributed by atoms with E-state index in [2.05, 4.69) is 45.3 Å². The molecule has 98 valence electrons. The van der Waals surface area contributed by atoms with Gasteiger partial charge in [0.05, 0.1) is 0 Å². The minimum absolute atomic E-state index is 0. The summed E-state index contributed by atoms with van der Waals surface area (Å²) in [5.41, 5.74) is 0.0332. The van der Waals surface area contributed by atoms with Gasteiger partial charge < -0.3 is 10.6 Å². The number of hydrogen-bond acceptors (Lipinski definition) is 2. The predicted octanol–water partition coefficient (Wildman–Crippen LogP) is 2.20. The SMILES string of the molecule is CCN[C@H](C)CNC(=O)C(C)C(C)(C)C.Cl. The Hall–Kier alpha value is -0.280. The lowest BCUT2D eigenvalue weighted by Gasteiger charge is -2.26. The maximum absolute atomic E-state index is 11.8. The van der Waals surface area contributed by atoms with E-state index >= 15 is 0 Å². The van der Waals surface area contributed by atoms with Crippen molar-refractivity contribution in [2.24, 2.45) is 11.3 Å². The Balaban J connectivity index is 0. The van der Waals surface area contributed by atoms with Crippen molar-refractivity contribution >= 4 is 18.3 Å². The molecule has 0 heterocycles. The minimum atomic E-state index is 0. The zero-order valence-corrected chi connectivity index (χ0v) is 12.2. The standard InChI is InChI=1S/C12H26N2O.ClH/c1-7-13-9(2)8-14-11(15)10(3)12(4,5)6;/h9-10,13H,7-8H2,1-6H3,(H,14,15);1H/t9-,10?;/m1./s1. The summed E-state index contributed by atoms with van der Waals surface area (Å²) in [6.45, 7) is 14.0. The number of carbonyl (C=O) groups is 1.